The van der Waals surface area contributed by atoms with Gasteiger partial charge in [-0.1, -0.05) is 0 Å². The largest absolute Gasteiger partial charge is 0.490 e. The summed E-state index contributed by atoms with van der Waals surface area (Å²) in [4.78, 5) is 50.5. The van der Waals surface area contributed by atoms with Gasteiger partial charge in [0.1, 0.15) is 18.6 Å². The standard InChI is InChI=1S/C9H14F2N3O13P3/c10-3-9(11)5(15)6(24-7(9)14-2-1-4(12)13-8(14)16)25-29(20,21)27-30(22,23)26-28(17,18)19/h1-2,5-7,15H,3H2,(H,20,21)(H,22,23)(H2,12,13,16)(H2,17,18,19)/t5?,6-,7-,9-/m1/s1. The molecule has 1 aliphatic rings. The minimum atomic E-state index is -5.92. The van der Waals surface area contributed by atoms with Crippen LogP contribution in [0.5, 0.6) is 0 Å². The number of halogens is 2. The van der Waals surface area contributed by atoms with Gasteiger partial charge in [-0.25, -0.2) is 27.3 Å². The summed E-state index contributed by atoms with van der Waals surface area (Å²) in [5.41, 5.74) is 0.546. The van der Waals surface area contributed by atoms with Crippen LogP contribution in [0, 0.1) is 0 Å². The molecule has 6 atom stereocenters. The van der Waals surface area contributed by atoms with Crippen LogP contribution in [0.25, 0.3) is 0 Å². The number of aliphatic hydroxyl groups excluding tert-OH is 1. The molecule has 1 aromatic rings. The predicted molar refractivity (Wildman–Crippen MR) is 87.6 cm³/mol. The number of phosphoric ester groups is 1. The Morgan fingerprint density at radius 1 is 1.23 bits per heavy atom. The lowest BCUT2D eigenvalue weighted by atomic mass is 10.0. The minimum Gasteiger partial charge on any atom is -0.384 e. The number of nitrogens with zero attached hydrogens (tertiary/aromatic N) is 2. The SMILES string of the molecule is Nc1ccn([C@@H]2O[C@H](OP(=O)(O)OP(=O)(O)OP(=O)(O)O)C(O)[C@]2(F)CF)c(=O)n1. The highest BCUT2D eigenvalue weighted by Gasteiger charge is 2.61. The zero-order valence-corrected chi connectivity index (χ0v) is 16.8. The Bertz CT molecular complexity index is 1000. The van der Waals surface area contributed by atoms with Crippen molar-refractivity contribution < 1.29 is 65.0 Å². The first-order valence-electron chi connectivity index (χ1n) is 7.25. The number of nitrogens with two attached hydrogens (primary N) is 1. The fourth-order valence-electron chi connectivity index (χ4n) is 2.25. The van der Waals surface area contributed by atoms with E-state index in [0.29, 0.717) is 4.57 Å². The topological polar surface area (TPSA) is 250 Å². The van der Waals surface area contributed by atoms with E-state index < -0.39 is 60.1 Å². The third-order valence-electron chi connectivity index (χ3n) is 3.39. The summed E-state index contributed by atoms with van der Waals surface area (Å²) < 4.78 is 78.1. The number of nitrogen functional groups attached to an aromatic ring is 1. The van der Waals surface area contributed by atoms with Crippen LogP contribution in [-0.2, 0) is 31.6 Å². The van der Waals surface area contributed by atoms with E-state index in [1.54, 1.807) is 0 Å². The maximum atomic E-state index is 15.0. The van der Waals surface area contributed by atoms with E-state index >= 15 is 0 Å². The fraction of sp³-hybridized carbons (Fsp3) is 0.556. The van der Waals surface area contributed by atoms with Crippen LogP contribution in [0.15, 0.2) is 17.1 Å². The molecule has 1 aliphatic heterocycles. The van der Waals surface area contributed by atoms with Gasteiger partial charge in [-0.15, -0.1) is 0 Å². The average molecular weight is 503 g/mol. The molecule has 0 spiro atoms. The normalized spacial score (nSPS) is 31.2. The van der Waals surface area contributed by atoms with Crippen molar-refractivity contribution >= 4 is 29.3 Å². The van der Waals surface area contributed by atoms with Gasteiger partial charge in [0.15, 0.2) is 6.23 Å². The van der Waals surface area contributed by atoms with Crippen LogP contribution in [-0.4, -0.2) is 59.0 Å². The smallest absolute Gasteiger partial charge is 0.384 e. The number of aliphatic hydroxyl groups is 1. The number of rotatable bonds is 8. The van der Waals surface area contributed by atoms with Crippen LogP contribution in [0.4, 0.5) is 14.6 Å². The van der Waals surface area contributed by atoms with Crippen molar-refractivity contribution in [3.63, 3.8) is 0 Å². The number of hydrogen-bond donors (Lipinski definition) is 6. The van der Waals surface area contributed by atoms with Crippen molar-refractivity contribution in [2.45, 2.75) is 24.3 Å². The maximum absolute atomic E-state index is 15.0. The molecule has 0 aromatic carbocycles. The second-order valence-electron chi connectivity index (χ2n) is 5.60. The Morgan fingerprint density at radius 3 is 2.33 bits per heavy atom. The number of aromatic nitrogens is 2. The first kappa shape index (κ1) is 25.1. The molecule has 3 unspecified atom stereocenters. The second kappa shape index (κ2) is 8.43. The van der Waals surface area contributed by atoms with Crippen molar-refractivity contribution in [2.75, 3.05) is 12.4 Å². The summed E-state index contributed by atoms with van der Waals surface area (Å²) in [5, 5.41) is 9.93. The molecule has 172 valence electrons. The fourth-order valence-corrected chi connectivity index (χ4v) is 5.33. The summed E-state index contributed by atoms with van der Waals surface area (Å²) in [5.74, 6) is -0.302. The summed E-state index contributed by atoms with van der Waals surface area (Å²) in [6.07, 6.45) is -6.79. The Morgan fingerprint density at radius 2 is 1.83 bits per heavy atom. The van der Waals surface area contributed by atoms with Gasteiger partial charge in [-0.3, -0.25) is 9.09 Å². The van der Waals surface area contributed by atoms with Crippen LogP contribution >= 0.6 is 23.5 Å². The quantitative estimate of drug-likeness (QED) is 0.234. The van der Waals surface area contributed by atoms with Gasteiger partial charge >= 0.3 is 29.2 Å². The number of anilines is 1. The third-order valence-corrected chi connectivity index (χ3v) is 7.19. The summed E-state index contributed by atoms with van der Waals surface area (Å²) >= 11 is 0. The Kier molecular flexibility index (Phi) is 7.06. The van der Waals surface area contributed by atoms with E-state index in [2.05, 4.69) is 18.1 Å². The summed E-state index contributed by atoms with van der Waals surface area (Å²) in [7, 11) is -17.5. The molecule has 1 saturated heterocycles. The second-order valence-corrected chi connectivity index (χ2v) is 9.97. The van der Waals surface area contributed by atoms with E-state index in [0.717, 1.165) is 12.3 Å². The highest BCUT2D eigenvalue weighted by molar-refractivity contribution is 7.66. The number of hydrogen-bond acceptors (Lipinski definition) is 11. The van der Waals surface area contributed by atoms with Crippen LogP contribution < -0.4 is 11.4 Å². The zero-order valence-electron chi connectivity index (χ0n) is 14.2. The molecule has 21 heteroatoms. The molecule has 1 aromatic heterocycles. The maximum Gasteiger partial charge on any atom is 0.490 e. The lowest BCUT2D eigenvalue weighted by Crippen LogP contribution is -2.46. The molecule has 7 N–H and O–H groups in total. The van der Waals surface area contributed by atoms with E-state index in [1.807, 2.05) is 0 Å². The summed E-state index contributed by atoms with van der Waals surface area (Å²) in [6.45, 7) is -2.01. The number of phosphoric acid groups is 3. The van der Waals surface area contributed by atoms with Crippen molar-refractivity contribution in [1.29, 1.82) is 0 Å². The Labute approximate surface area is 164 Å². The Balaban J connectivity index is 2.28. The monoisotopic (exact) mass is 503 g/mol. The summed E-state index contributed by atoms with van der Waals surface area (Å²) in [6, 6.07) is 0.978. The number of alkyl halides is 2. The van der Waals surface area contributed by atoms with Gasteiger partial charge in [-0.05, 0) is 6.07 Å². The van der Waals surface area contributed by atoms with Gasteiger partial charge in [0, 0.05) is 6.20 Å². The molecule has 2 rings (SSSR count). The molecule has 16 nitrogen and oxygen atoms in total. The Hall–Kier alpha value is -1.13. The molecular formula is C9H14F2N3O13P3. The molecule has 0 saturated carbocycles. The van der Waals surface area contributed by atoms with Crippen molar-refractivity contribution in [3.8, 4) is 0 Å². The molecule has 1 fully saturated rings. The van der Waals surface area contributed by atoms with Gasteiger partial charge in [0.25, 0.3) is 0 Å². The molecule has 0 radical (unpaired) electrons. The van der Waals surface area contributed by atoms with Crippen molar-refractivity contribution in [3.05, 3.63) is 22.7 Å². The first-order chi connectivity index (χ1) is 13.5. The van der Waals surface area contributed by atoms with Gasteiger partial charge in [0.05, 0.1) is 0 Å². The van der Waals surface area contributed by atoms with Crippen LogP contribution in [0.3, 0.4) is 0 Å². The highest BCUT2D eigenvalue weighted by atomic mass is 31.3. The minimum absolute atomic E-state index is 0.302. The molecule has 0 aliphatic carbocycles. The van der Waals surface area contributed by atoms with E-state index in [-0.39, 0.29) is 5.82 Å². The first-order valence-corrected chi connectivity index (χ1v) is 11.8. The molecule has 30 heavy (non-hydrogen) atoms. The molecular weight excluding hydrogens is 489 g/mol. The molecule has 2 heterocycles. The van der Waals surface area contributed by atoms with Crippen molar-refractivity contribution in [1.82, 2.24) is 9.55 Å². The zero-order chi connectivity index (χ0) is 23.1. The third kappa shape index (κ3) is 5.76. The van der Waals surface area contributed by atoms with Gasteiger partial charge < -0.3 is 35.2 Å². The van der Waals surface area contributed by atoms with Crippen LogP contribution in [0.2, 0.25) is 0 Å². The van der Waals surface area contributed by atoms with Crippen molar-refractivity contribution in [2.24, 2.45) is 0 Å². The number of ether oxygens (including phenoxy) is 1. The molecule has 0 bridgehead atoms. The van der Waals surface area contributed by atoms with Gasteiger partial charge in [-0.2, -0.15) is 13.6 Å². The van der Waals surface area contributed by atoms with E-state index in [4.69, 9.17) is 25.2 Å². The molecule has 0 amide bonds. The van der Waals surface area contributed by atoms with E-state index in [9.17, 15) is 37.3 Å². The highest BCUT2D eigenvalue weighted by Crippen LogP contribution is 2.67. The van der Waals surface area contributed by atoms with E-state index in [1.165, 1.54) is 0 Å². The average Bonchev–Trinajstić information content (AvgIpc) is 2.76. The van der Waals surface area contributed by atoms with Gasteiger partial charge in [0.2, 0.25) is 12.0 Å². The van der Waals surface area contributed by atoms with Crippen LogP contribution in [0.1, 0.15) is 6.23 Å². The lowest BCUT2D eigenvalue weighted by Gasteiger charge is -2.25. The predicted octanol–water partition coefficient (Wildman–Crippen LogP) is -0.938. The lowest BCUT2D eigenvalue weighted by molar-refractivity contribution is -0.135.